The molecule has 1 unspecified atom stereocenters. The van der Waals surface area contributed by atoms with Gasteiger partial charge in [0.25, 0.3) is 0 Å². The maximum Gasteiger partial charge on any atom is 0.240 e. The van der Waals surface area contributed by atoms with E-state index in [1.165, 1.54) is 0 Å². The highest BCUT2D eigenvalue weighted by Crippen LogP contribution is 2.23. The van der Waals surface area contributed by atoms with Crippen molar-refractivity contribution in [1.29, 1.82) is 0 Å². The maximum absolute atomic E-state index is 11.9. The van der Waals surface area contributed by atoms with Gasteiger partial charge in [-0.3, -0.25) is 4.79 Å². The Labute approximate surface area is 106 Å². The van der Waals surface area contributed by atoms with Gasteiger partial charge in [-0.05, 0) is 25.8 Å². The zero-order valence-corrected chi connectivity index (χ0v) is 11.3. The molecule has 3 nitrogen and oxygen atoms in total. The summed E-state index contributed by atoms with van der Waals surface area (Å²) in [7, 11) is 0. The van der Waals surface area contributed by atoms with E-state index in [2.05, 4.69) is 33.1 Å². The first-order chi connectivity index (χ1) is 6.60. The van der Waals surface area contributed by atoms with Crippen molar-refractivity contribution in [2.45, 2.75) is 31.7 Å². The van der Waals surface area contributed by atoms with E-state index in [9.17, 15) is 4.79 Å². The van der Waals surface area contributed by atoms with Crippen LogP contribution in [0.25, 0.3) is 0 Å². The third-order valence-electron chi connectivity index (χ3n) is 2.72. The van der Waals surface area contributed by atoms with Crippen LogP contribution in [0.3, 0.4) is 0 Å². The smallest absolute Gasteiger partial charge is 0.240 e. The Bertz CT molecular complexity index is 240. The number of carbonyl (C=O) groups is 1. The quantitative estimate of drug-likeness (QED) is 0.833. The van der Waals surface area contributed by atoms with Crippen LogP contribution in [0, 0.1) is 0 Å². The van der Waals surface area contributed by atoms with E-state index in [1.54, 1.807) is 0 Å². The lowest BCUT2D eigenvalue weighted by Crippen LogP contribution is -2.53. The SMILES string of the molecule is C=C(Br)CNC(=O)C1(CC)CCCN1.Cl. The van der Waals surface area contributed by atoms with Gasteiger partial charge in [0.2, 0.25) is 5.91 Å². The van der Waals surface area contributed by atoms with Crippen LogP contribution in [0.15, 0.2) is 11.1 Å². The highest BCUT2D eigenvalue weighted by molar-refractivity contribution is 9.11. The summed E-state index contributed by atoms with van der Waals surface area (Å²) in [4.78, 5) is 11.9. The maximum atomic E-state index is 11.9. The van der Waals surface area contributed by atoms with Crippen molar-refractivity contribution in [2.75, 3.05) is 13.1 Å². The minimum absolute atomic E-state index is 0. The van der Waals surface area contributed by atoms with Gasteiger partial charge in [0, 0.05) is 11.0 Å². The summed E-state index contributed by atoms with van der Waals surface area (Å²) >= 11 is 3.22. The third kappa shape index (κ3) is 3.78. The third-order valence-corrected chi connectivity index (χ3v) is 3.00. The lowest BCUT2D eigenvalue weighted by molar-refractivity contribution is -0.127. The summed E-state index contributed by atoms with van der Waals surface area (Å²) in [6.45, 7) is 7.17. The van der Waals surface area contributed by atoms with E-state index in [-0.39, 0.29) is 23.9 Å². The van der Waals surface area contributed by atoms with E-state index in [0.29, 0.717) is 6.54 Å². The summed E-state index contributed by atoms with van der Waals surface area (Å²) in [6.07, 6.45) is 2.86. The van der Waals surface area contributed by atoms with E-state index >= 15 is 0 Å². The fourth-order valence-corrected chi connectivity index (χ4v) is 1.95. The van der Waals surface area contributed by atoms with Gasteiger partial charge < -0.3 is 10.6 Å². The van der Waals surface area contributed by atoms with E-state index in [0.717, 1.165) is 30.3 Å². The van der Waals surface area contributed by atoms with Crippen LogP contribution in [-0.2, 0) is 4.79 Å². The summed E-state index contributed by atoms with van der Waals surface area (Å²) in [6, 6.07) is 0. The fourth-order valence-electron chi connectivity index (χ4n) is 1.81. The molecule has 88 valence electrons. The average Bonchev–Trinajstić information content (AvgIpc) is 2.63. The first kappa shape index (κ1) is 14.9. The molecule has 1 aliphatic rings. The topological polar surface area (TPSA) is 41.1 Å². The molecule has 5 heteroatoms. The molecule has 0 saturated carbocycles. The Hall–Kier alpha value is -0.0600. The largest absolute Gasteiger partial charge is 0.350 e. The van der Waals surface area contributed by atoms with Crippen LogP contribution in [0.1, 0.15) is 26.2 Å². The highest BCUT2D eigenvalue weighted by atomic mass is 79.9. The number of carbonyl (C=O) groups excluding carboxylic acids is 1. The Morgan fingerprint density at radius 3 is 2.73 bits per heavy atom. The van der Waals surface area contributed by atoms with Gasteiger partial charge in [0.15, 0.2) is 0 Å². The van der Waals surface area contributed by atoms with Gasteiger partial charge in [0.1, 0.15) is 0 Å². The second-order valence-corrected chi connectivity index (χ2v) is 4.79. The highest BCUT2D eigenvalue weighted by Gasteiger charge is 2.38. The first-order valence-corrected chi connectivity index (χ1v) is 5.76. The van der Waals surface area contributed by atoms with Crippen LogP contribution in [0.5, 0.6) is 0 Å². The molecule has 2 N–H and O–H groups in total. The van der Waals surface area contributed by atoms with Crippen molar-refractivity contribution in [1.82, 2.24) is 10.6 Å². The van der Waals surface area contributed by atoms with Gasteiger partial charge in [0.05, 0.1) is 5.54 Å². The van der Waals surface area contributed by atoms with Crippen molar-refractivity contribution in [3.8, 4) is 0 Å². The summed E-state index contributed by atoms with van der Waals surface area (Å²) in [5.74, 6) is 0.0955. The van der Waals surface area contributed by atoms with Crippen molar-refractivity contribution < 1.29 is 4.79 Å². The lowest BCUT2D eigenvalue weighted by atomic mass is 9.93. The predicted molar refractivity (Wildman–Crippen MR) is 68.6 cm³/mol. The number of amides is 1. The van der Waals surface area contributed by atoms with Crippen LogP contribution >= 0.6 is 28.3 Å². The minimum Gasteiger partial charge on any atom is -0.350 e. The standard InChI is InChI=1S/C10H17BrN2O.ClH/c1-3-10(5-4-6-13-10)9(14)12-7-8(2)11;/h13H,2-7H2,1H3,(H,12,14);1H. The number of nitrogens with one attached hydrogen (secondary N) is 2. The van der Waals surface area contributed by atoms with Crippen molar-refractivity contribution in [2.24, 2.45) is 0 Å². The molecule has 0 aromatic heterocycles. The van der Waals surface area contributed by atoms with Gasteiger partial charge in [-0.15, -0.1) is 12.4 Å². The monoisotopic (exact) mass is 296 g/mol. The van der Waals surface area contributed by atoms with Crippen molar-refractivity contribution >= 4 is 34.2 Å². The van der Waals surface area contributed by atoms with Gasteiger partial charge in [-0.2, -0.15) is 0 Å². The molecule has 1 atom stereocenters. The molecule has 1 heterocycles. The molecule has 0 aromatic rings. The molecule has 0 spiro atoms. The predicted octanol–water partition coefficient (Wildman–Crippen LogP) is 1.97. The molecule has 1 fully saturated rings. The number of hydrogen-bond acceptors (Lipinski definition) is 2. The van der Waals surface area contributed by atoms with Crippen LogP contribution in [0.2, 0.25) is 0 Å². The molecule has 0 bridgehead atoms. The van der Waals surface area contributed by atoms with Gasteiger partial charge in [-0.1, -0.05) is 29.4 Å². The molecule has 1 aliphatic heterocycles. The van der Waals surface area contributed by atoms with Crippen molar-refractivity contribution in [3.63, 3.8) is 0 Å². The summed E-state index contributed by atoms with van der Waals surface area (Å²) in [5, 5.41) is 6.15. The average molecular weight is 298 g/mol. The molecular weight excluding hydrogens is 279 g/mol. The second kappa shape index (κ2) is 6.51. The molecule has 15 heavy (non-hydrogen) atoms. The zero-order chi connectivity index (χ0) is 10.6. The Kier molecular flexibility index (Phi) is 6.48. The summed E-state index contributed by atoms with van der Waals surface area (Å²) in [5.41, 5.74) is -0.331. The Morgan fingerprint density at radius 1 is 1.67 bits per heavy atom. The Balaban J connectivity index is 0.00000196. The van der Waals surface area contributed by atoms with E-state index < -0.39 is 0 Å². The number of rotatable bonds is 4. The van der Waals surface area contributed by atoms with E-state index in [4.69, 9.17) is 0 Å². The minimum atomic E-state index is -0.331. The molecule has 1 amide bonds. The number of hydrogen-bond donors (Lipinski definition) is 2. The molecule has 0 radical (unpaired) electrons. The second-order valence-electron chi connectivity index (χ2n) is 3.67. The van der Waals surface area contributed by atoms with Gasteiger partial charge in [-0.25, -0.2) is 0 Å². The van der Waals surface area contributed by atoms with Gasteiger partial charge >= 0.3 is 0 Å². The van der Waals surface area contributed by atoms with E-state index in [1.807, 2.05) is 6.92 Å². The van der Waals surface area contributed by atoms with Crippen LogP contribution in [-0.4, -0.2) is 24.5 Å². The number of halogens is 2. The molecule has 0 aromatic carbocycles. The molecule has 1 rings (SSSR count). The lowest BCUT2D eigenvalue weighted by Gasteiger charge is -2.26. The summed E-state index contributed by atoms with van der Waals surface area (Å²) < 4.78 is 0.801. The van der Waals surface area contributed by atoms with Crippen molar-refractivity contribution in [3.05, 3.63) is 11.1 Å². The van der Waals surface area contributed by atoms with Crippen LogP contribution < -0.4 is 10.6 Å². The first-order valence-electron chi connectivity index (χ1n) is 4.97. The Morgan fingerprint density at radius 2 is 2.33 bits per heavy atom. The zero-order valence-electron chi connectivity index (χ0n) is 8.94. The molecular formula is C10H18BrClN2O. The molecule has 0 aliphatic carbocycles. The normalized spacial score (nSPS) is 24.4. The molecule has 1 saturated heterocycles. The van der Waals surface area contributed by atoms with Crippen LogP contribution in [0.4, 0.5) is 0 Å². The fraction of sp³-hybridized carbons (Fsp3) is 0.700.